The van der Waals surface area contributed by atoms with Gasteiger partial charge in [-0.3, -0.25) is 4.98 Å². The van der Waals surface area contributed by atoms with Crippen molar-refractivity contribution in [1.29, 1.82) is 0 Å². The number of H-pyrrole nitrogens is 1. The van der Waals surface area contributed by atoms with E-state index in [2.05, 4.69) is 15.0 Å². The van der Waals surface area contributed by atoms with E-state index in [1.807, 2.05) is 19.1 Å². The molecule has 5 nitrogen and oxygen atoms in total. The number of nitrogens with two attached hydrogens (primary N) is 1. The lowest BCUT2D eigenvalue weighted by Gasteiger charge is -2.03. The van der Waals surface area contributed by atoms with Gasteiger partial charge in [-0.05, 0) is 30.7 Å². The highest BCUT2D eigenvalue weighted by atomic mass is 35.5. The van der Waals surface area contributed by atoms with Crippen molar-refractivity contribution >= 4 is 17.5 Å². The molecule has 0 aliphatic heterocycles. The Kier molecular flexibility index (Phi) is 2.62. The zero-order chi connectivity index (χ0) is 11.7. The van der Waals surface area contributed by atoms with Crippen molar-refractivity contribution in [2.75, 3.05) is 5.73 Å². The van der Waals surface area contributed by atoms with Crippen LogP contribution in [0.25, 0.3) is 11.4 Å². The number of benzene rings is 1. The van der Waals surface area contributed by atoms with Gasteiger partial charge in [-0.25, -0.2) is 4.79 Å². The van der Waals surface area contributed by atoms with Gasteiger partial charge in [0.25, 0.3) is 0 Å². The highest BCUT2D eigenvalue weighted by Crippen LogP contribution is 2.21. The minimum Gasteiger partial charge on any atom is -0.368 e. The minimum atomic E-state index is -0.528. The van der Waals surface area contributed by atoms with Gasteiger partial charge in [0.2, 0.25) is 5.95 Å². The number of rotatable bonds is 1. The molecule has 0 bridgehead atoms. The van der Waals surface area contributed by atoms with Gasteiger partial charge in [0.15, 0.2) is 0 Å². The number of halogens is 1. The summed E-state index contributed by atoms with van der Waals surface area (Å²) in [6.45, 7) is 1.90. The lowest BCUT2D eigenvalue weighted by Crippen LogP contribution is -2.15. The third kappa shape index (κ3) is 2.20. The molecule has 0 spiro atoms. The zero-order valence-corrected chi connectivity index (χ0v) is 9.25. The summed E-state index contributed by atoms with van der Waals surface area (Å²) in [6, 6.07) is 5.36. The van der Waals surface area contributed by atoms with E-state index in [9.17, 15) is 4.79 Å². The molecule has 0 amide bonds. The average molecular weight is 237 g/mol. The molecule has 0 saturated heterocycles. The fourth-order valence-corrected chi connectivity index (χ4v) is 1.70. The Hall–Kier alpha value is -1.88. The smallest absolute Gasteiger partial charge is 0.349 e. The fourth-order valence-electron chi connectivity index (χ4n) is 1.41. The van der Waals surface area contributed by atoms with E-state index in [1.165, 1.54) is 0 Å². The Morgan fingerprint density at radius 2 is 2.06 bits per heavy atom. The second kappa shape index (κ2) is 3.94. The van der Waals surface area contributed by atoms with Crippen LogP contribution in [0.2, 0.25) is 5.02 Å². The van der Waals surface area contributed by atoms with Crippen LogP contribution in [0.3, 0.4) is 0 Å². The van der Waals surface area contributed by atoms with Crippen LogP contribution in [-0.4, -0.2) is 15.0 Å². The standard InChI is InChI=1S/C10H9ClN4O/c1-5-2-6(4-7(11)3-5)8-13-9(12)15-10(16)14-8/h2-4H,1H3,(H3,12,13,14,15,16). The molecule has 1 aromatic heterocycles. The molecule has 1 heterocycles. The highest BCUT2D eigenvalue weighted by Gasteiger charge is 2.04. The van der Waals surface area contributed by atoms with Gasteiger partial charge in [0.1, 0.15) is 5.82 Å². The number of nitrogens with zero attached hydrogens (tertiary/aromatic N) is 2. The lowest BCUT2D eigenvalue weighted by atomic mass is 10.1. The Morgan fingerprint density at radius 3 is 2.69 bits per heavy atom. The van der Waals surface area contributed by atoms with Crippen molar-refractivity contribution in [3.05, 3.63) is 39.3 Å². The van der Waals surface area contributed by atoms with Crippen molar-refractivity contribution < 1.29 is 0 Å². The second-order valence-corrected chi connectivity index (χ2v) is 3.81. The Labute approximate surface area is 96.3 Å². The molecule has 0 atom stereocenters. The third-order valence-electron chi connectivity index (χ3n) is 1.98. The molecule has 3 N–H and O–H groups in total. The summed E-state index contributed by atoms with van der Waals surface area (Å²) in [6.07, 6.45) is 0. The predicted octanol–water partition coefficient (Wildman–Crippen LogP) is 1.38. The first-order chi connectivity index (χ1) is 7.54. The highest BCUT2D eigenvalue weighted by molar-refractivity contribution is 6.30. The monoisotopic (exact) mass is 236 g/mol. The number of hydrogen-bond donors (Lipinski definition) is 2. The van der Waals surface area contributed by atoms with Gasteiger partial charge >= 0.3 is 5.69 Å². The van der Waals surface area contributed by atoms with Crippen LogP contribution in [0.4, 0.5) is 5.95 Å². The molecule has 0 aliphatic carbocycles. The molecule has 2 rings (SSSR count). The molecule has 0 aliphatic rings. The van der Waals surface area contributed by atoms with Crippen molar-refractivity contribution in [1.82, 2.24) is 15.0 Å². The maximum Gasteiger partial charge on any atom is 0.349 e. The molecular weight excluding hydrogens is 228 g/mol. The van der Waals surface area contributed by atoms with Crippen LogP contribution in [0.15, 0.2) is 23.0 Å². The maximum absolute atomic E-state index is 11.1. The van der Waals surface area contributed by atoms with Crippen LogP contribution < -0.4 is 11.4 Å². The average Bonchev–Trinajstić information content (AvgIpc) is 2.14. The van der Waals surface area contributed by atoms with Crippen LogP contribution >= 0.6 is 11.6 Å². The van der Waals surface area contributed by atoms with Crippen molar-refractivity contribution in [2.24, 2.45) is 0 Å². The summed E-state index contributed by atoms with van der Waals surface area (Å²) in [4.78, 5) is 21.0. The first kappa shape index (κ1) is 10.6. The normalized spacial score (nSPS) is 10.4. The summed E-state index contributed by atoms with van der Waals surface area (Å²) in [5, 5.41) is 0.577. The number of anilines is 1. The van der Waals surface area contributed by atoms with Gasteiger partial charge in [-0.1, -0.05) is 11.6 Å². The topological polar surface area (TPSA) is 84.7 Å². The largest absolute Gasteiger partial charge is 0.368 e. The molecule has 2 aromatic rings. The number of nitrogen functional groups attached to an aromatic ring is 1. The SMILES string of the molecule is Cc1cc(Cl)cc(-c2nc(N)nc(=O)[nH]2)c1. The molecule has 6 heteroatoms. The zero-order valence-electron chi connectivity index (χ0n) is 8.49. The van der Waals surface area contributed by atoms with Gasteiger partial charge in [-0.15, -0.1) is 0 Å². The van der Waals surface area contributed by atoms with Gasteiger partial charge in [0.05, 0.1) is 0 Å². The van der Waals surface area contributed by atoms with Crippen LogP contribution in [0.5, 0.6) is 0 Å². The summed E-state index contributed by atoms with van der Waals surface area (Å²) in [7, 11) is 0. The van der Waals surface area contributed by atoms with Crippen molar-refractivity contribution in [3.63, 3.8) is 0 Å². The second-order valence-electron chi connectivity index (χ2n) is 3.38. The van der Waals surface area contributed by atoms with Crippen molar-refractivity contribution in [2.45, 2.75) is 6.92 Å². The number of nitrogens with one attached hydrogen (secondary N) is 1. The number of aromatic nitrogens is 3. The molecule has 1 aromatic carbocycles. The van der Waals surface area contributed by atoms with Gasteiger partial charge in [-0.2, -0.15) is 9.97 Å². The van der Waals surface area contributed by atoms with Crippen molar-refractivity contribution in [3.8, 4) is 11.4 Å². The maximum atomic E-state index is 11.1. The van der Waals surface area contributed by atoms with Gasteiger partial charge < -0.3 is 5.73 Å². The minimum absolute atomic E-state index is 0.0589. The summed E-state index contributed by atoms with van der Waals surface area (Å²) < 4.78 is 0. The summed E-state index contributed by atoms with van der Waals surface area (Å²) >= 11 is 5.91. The predicted molar refractivity (Wildman–Crippen MR) is 62.2 cm³/mol. The number of hydrogen-bond acceptors (Lipinski definition) is 4. The Balaban J connectivity index is 2.62. The van der Waals surface area contributed by atoms with E-state index in [0.717, 1.165) is 5.56 Å². The molecule has 0 unspecified atom stereocenters. The lowest BCUT2D eigenvalue weighted by molar-refractivity contribution is 1.01. The van der Waals surface area contributed by atoms with Crippen LogP contribution in [-0.2, 0) is 0 Å². The first-order valence-electron chi connectivity index (χ1n) is 4.56. The van der Waals surface area contributed by atoms with E-state index in [1.54, 1.807) is 6.07 Å². The number of aromatic amines is 1. The number of aryl methyl sites for hydroxylation is 1. The first-order valence-corrected chi connectivity index (χ1v) is 4.94. The molecule has 16 heavy (non-hydrogen) atoms. The quantitative estimate of drug-likeness (QED) is 0.783. The van der Waals surface area contributed by atoms with Crippen LogP contribution in [0.1, 0.15) is 5.56 Å². The third-order valence-corrected chi connectivity index (χ3v) is 2.20. The van der Waals surface area contributed by atoms with E-state index >= 15 is 0 Å². The molecule has 0 saturated carbocycles. The van der Waals surface area contributed by atoms with E-state index in [0.29, 0.717) is 16.4 Å². The van der Waals surface area contributed by atoms with Crippen LogP contribution in [0, 0.1) is 6.92 Å². The summed E-state index contributed by atoms with van der Waals surface area (Å²) in [5.41, 5.74) is 6.55. The Bertz CT molecular complexity index is 573. The fraction of sp³-hybridized carbons (Fsp3) is 0.100. The van der Waals surface area contributed by atoms with Gasteiger partial charge in [0, 0.05) is 10.6 Å². The molecule has 0 fully saturated rings. The molecular formula is C10H9ClN4O. The summed E-state index contributed by atoms with van der Waals surface area (Å²) in [5.74, 6) is 0.305. The van der Waals surface area contributed by atoms with E-state index in [4.69, 9.17) is 17.3 Å². The Morgan fingerprint density at radius 1 is 1.31 bits per heavy atom. The van der Waals surface area contributed by atoms with E-state index < -0.39 is 5.69 Å². The van der Waals surface area contributed by atoms with E-state index in [-0.39, 0.29) is 5.95 Å². The molecule has 0 radical (unpaired) electrons. The molecule has 82 valence electrons.